The molecule has 6 nitrogen and oxygen atoms in total. The molecule has 2 unspecified atom stereocenters. The number of amides is 1. The zero-order valence-electron chi connectivity index (χ0n) is 23.8. The number of aromatic nitrogens is 1. The van der Waals surface area contributed by atoms with Gasteiger partial charge in [-0.2, -0.15) is 11.8 Å². The van der Waals surface area contributed by atoms with Crippen molar-refractivity contribution >= 4 is 35.0 Å². The fourth-order valence-corrected chi connectivity index (χ4v) is 5.82. The number of nitrogens with zero attached hydrogens (tertiary/aromatic N) is 1. The summed E-state index contributed by atoms with van der Waals surface area (Å²) >= 11 is 2.93. The van der Waals surface area contributed by atoms with Gasteiger partial charge in [-0.25, -0.2) is 14.2 Å². The maximum atomic E-state index is 13.8. The molecule has 0 spiro atoms. The Balaban J connectivity index is 0.00000294. The number of ether oxygens (including phenoxy) is 1. The van der Waals surface area contributed by atoms with Crippen LogP contribution < -0.4 is 24.2 Å². The van der Waals surface area contributed by atoms with E-state index in [0.29, 0.717) is 33.9 Å². The maximum Gasteiger partial charge on any atom is 1.00 e. The van der Waals surface area contributed by atoms with Gasteiger partial charge < -0.3 is 16.6 Å². The second-order valence-electron chi connectivity index (χ2n) is 8.96. The number of halogens is 1. The topological polar surface area (TPSA) is 88.5 Å². The van der Waals surface area contributed by atoms with E-state index >= 15 is 0 Å². The molecular formula is C30H30FLiN2O4S2. The monoisotopic (exact) mass is 572 g/mol. The van der Waals surface area contributed by atoms with E-state index in [1.54, 1.807) is 31.5 Å². The van der Waals surface area contributed by atoms with Gasteiger partial charge in [-0.3, -0.25) is 4.79 Å². The van der Waals surface area contributed by atoms with Crippen LogP contribution in [0.4, 0.5) is 4.39 Å². The van der Waals surface area contributed by atoms with Crippen molar-refractivity contribution in [3.05, 3.63) is 100 Å². The Morgan fingerprint density at radius 2 is 1.90 bits per heavy atom. The van der Waals surface area contributed by atoms with Crippen LogP contribution in [0.2, 0.25) is 0 Å². The standard InChI is InChI=1S/C30H29FN2O4S2.Li.H/c1-18-7-4-5-10-22(18)24-16-19(11-12-23(24)28(34)33-25(30(35)36)13-14-38-3)27(37-2)26-17-32-29(39-26)20-8-6-9-21(31)15-20;;/h4-12,15-17,25,27H,13-14H2,1-3H3,(H,33,34)(H,35,36);;/q;+1;-1. The molecule has 0 radical (unpaired) electrons. The van der Waals surface area contributed by atoms with E-state index in [9.17, 15) is 19.1 Å². The number of carboxylic acid groups (broad SMARTS) is 1. The van der Waals surface area contributed by atoms with Crippen molar-refractivity contribution in [2.45, 2.75) is 25.5 Å². The molecule has 0 aliphatic carbocycles. The molecule has 40 heavy (non-hydrogen) atoms. The minimum atomic E-state index is -1.06. The summed E-state index contributed by atoms with van der Waals surface area (Å²) in [5.41, 5.74) is 4.38. The van der Waals surface area contributed by atoms with Gasteiger partial charge in [0.15, 0.2) is 0 Å². The van der Waals surface area contributed by atoms with Crippen molar-refractivity contribution in [2.75, 3.05) is 19.1 Å². The predicted molar refractivity (Wildman–Crippen MR) is 156 cm³/mol. The Bertz CT molecular complexity index is 1490. The number of aryl methyl sites for hydroxylation is 1. The van der Waals surface area contributed by atoms with E-state index in [1.807, 2.05) is 49.6 Å². The van der Waals surface area contributed by atoms with Crippen LogP contribution in [0.5, 0.6) is 0 Å². The summed E-state index contributed by atoms with van der Waals surface area (Å²) in [6.45, 7) is 1.96. The number of thioether (sulfide) groups is 1. The van der Waals surface area contributed by atoms with E-state index in [-0.39, 0.29) is 26.1 Å². The fraction of sp³-hybridized carbons (Fsp3) is 0.233. The Hall–Kier alpha value is -2.93. The van der Waals surface area contributed by atoms with Gasteiger partial charge in [0, 0.05) is 24.4 Å². The predicted octanol–water partition coefficient (Wildman–Crippen LogP) is 3.71. The Morgan fingerprint density at radius 1 is 1.12 bits per heavy atom. The van der Waals surface area contributed by atoms with E-state index in [1.165, 1.54) is 35.2 Å². The third-order valence-corrected chi connectivity index (χ3v) is 8.06. The van der Waals surface area contributed by atoms with Gasteiger partial charge in [-0.15, -0.1) is 11.3 Å². The third kappa shape index (κ3) is 7.42. The largest absolute Gasteiger partial charge is 1.00 e. The number of aliphatic carboxylic acids is 1. The number of hydrogen-bond acceptors (Lipinski definition) is 6. The molecule has 0 aliphatic rings. The summed E-state index contributed by atoms with van der Waals surface area (Å²) in [7, 11) is 1.60. The molecule has 4 aromatic rings. The van der Waals surface area contributed by atoms with E-state index in [0.717, 1.165) is 21.6 Å². The smallest absolute Gasteiger partial charge is 1.00 e. The van der Waals surface area contributed by atoms with Crippen LogP contribution in [0.25, 0.3) is 21.7 Å². The molecule has 0 bridgehead atoms. The zero-order chi connectivity index (χ0) is 27.9. The minimum Gasteiger partial charge on any atom is -1.00 e. The van der Waals surface area contributed by atoms with Crippen molar-refractivity contribution in [1.82, 2.24) is 10.3 Å². The quantitative estimate of drug-likeness (QED) is 0.267. The summed E-state index contributed by atoms with van der Waals surface area (Å²) in [6.07, 6.45) is 3.46. The number of carboxylic acids is 1. The molecule has 10 heteroatoms. The molecule has 0 aliphatic heterocycles. The second-order valence-corrected chi connectivity index (χ2v) is 11.0. The normalized spacial score (nSPS) is 12.3. The van der Waals surface area contributed by atoms with Crippen LogP contribution in [0.1, 0.15) is 40.3 Å². The summed E-state index contributed by atoms with van der Waals surface area (Å²) in [4.78, 5) is 30.5. The van der Waals surface area contributed by atoms with Crippen LogP contribution in [-0.4, -0.2) is 47.1 Å². The number of nitrogens with one attached hydrogen (secondary N) is 1. The molecule has 4 rings (SSSR count). The van der Waals surface area contributed by atoms with Crippen molar-refractivity contribution in [1.29, 1.82) is 0 Å². The molecule has 1 heterocycles. The van der Waals surface area contributed by atoms with Crippen molar-refractivity contribution < 1.29 is 44.1 Å². The van der Waals surface area contributed by atoms with E-state index < -0.39 is 24.0 Å². The van der Waals surface area contributed by atoms with Crippen LogP contribution in [0, 0.1) is 12.7 Å². The number of hydrogen-bond donors (Lipinski definition) is 2. The van der Waals surface area contributed by atoms with Crippen LogP contribution in [0.3, 0.4) is 0 Å². The van der Waals surface area contributed by atoms with Crippen LogP contribution in [-0.2, 0) is 9.53 Å². The molecular weight excluding hydrogens is 542 g/mol. The van der Waals surface area contributed by atoms with Crippen molar-refractivity contribution in [2.24, 2.45) is 0 Å². The Kier molecular flexibility index (Phi) is 11.6. The molecule has 0 saturated heterocycles. The molecule has 2 N–H and O–H groups in total. The van der Waals surface area contributed by atoms with Gasteiger partial charge in [0.2, 0.25) is 0 Å². The molecule has 1 amide bonds. The first kappa shape index (κ1) is 31.6. The molecule has 2 atom stereocenters. The fourth-order valence-electron chi connectivity index (χ4n) is 4.33. The third-order valence-electron chi connectivity index (χ3n) is 6.33. The second kappa shape index (κ2) is 14.6. The van der Waals surface area contributed by atoms with Gasteiger partial charge >= 0.3 is 24.8 Å². The van der Waals surface area contributed by atoms with Gasteiger partial charge in [-0.05, 0) is 71.9 Å². The van der Waals surface area contributed by atoms with E-state index in [2.05, 4.69) is 10.3 Å². The van der Waals surface area contributed by atoms with Gasteiger partial charge in [-0.1, -0.05) is 42.5 Å². The Morgan fingerprint density at radius 3 is 2.58 bits per heavy atom. The number of carbonyl (C=O) groups excluding carboxylic acids is 1. The van der Waals surface area contributed by atoms with Crippen molar-refractivity contribution in [3.8, 4) is 21.7 Å². The first-order valence-corrected chi connectivity index (χ1v) is 14.5. The first-order chi connectivity index (χ1) is 18.8. The molecule has 0 fully saturated rings. The van der Waals surface area contributed by atoms with E-state index in [4.69, 9.17) is 4.74 Å². The summed E-state index contributed by atoms with van der Waals surface area (Å²) < 4.78 is 19.6. The summed E-state index contributed by atoms with van der Waals surface area (Å²) in [5, 5.41) is 13.0. The zero-order valence-corrected chi connectivity index (χ0v) is 24.4. The molecule has 204 valence electrons. The number of rotatable bonds is 11. The maximum absolute atomic E-state index is 13.8. The first-order valence-electron chi connectivity index (χ1n) is 12.3. The Labute approximate surface area is 255 Å². The molecule has 0 saturated carbocycles. The van der Waals surface area contributed by atoms with Crippen LogP contribution >= 0.6 is 23.1 Å². The average Bonchev–Trinajstić information content (AvgIpc) is 3.41. The number of thiazole rings is 1. The average molecular weight is 573 g/mol. The van der Waals surface area contributed by atoms with Gasteiger partial charge in [0.05, 0.1) is 4.88 Å². The minimum absolute atomic E-state index is 0. The molecule has 3 aromatic carbocycles. The number of benzene rings is 3. The van der Waals surface area contributed by atoms with Gasteiger partial charge in [0.25, 0.3) is 5.91 Å². The van der Waals surface area contributed by atoms with Crippen molar-refractivity contribution in [3.63, 3.8) is 0 Å². The summed E-state index contributed by atoms with van der Waals surface area (Å²) in [5.74, 6) is -1.23. The van der Waals surface area contributed by atoms with Crippen LogP contribution in [0.15, 0.2) is 72.9 Å². The van der Waals surface area contributed by atoms with Gasteiger partial charge in [0.1, 0.15) is 23.0 Å². The molecule has 1 aromatic heterocycles. The SMILES string of the molecule is COC(c1ccc(C(=O)NC(CCSC)C(=O)O)c(-c2ccccc2C)c1)c1cnc(-c2cccc(F)c2)s1.[H-].[Li+]. The summed E-state index contributed by atoms with van der Waals surface area (Å²) in [6, 6.07) is 18.4. The number of methoxy groups -OCH3 is 1. The number of carbonyl (C=O) groups is 2.